The van der Waals surface area contributed by atoms with Gasteiger partial charge in [0.1, 0.15) is 18.0 Å². The molecule has 1 fully saturated rings. The van der Waals surface area contributed by atoms with Gasteiger partial charge in [-0.25, -0.2) is 4.98 Å². The maximum atomic E-state index is 6.35. The lowest BCUT2D eigenvalue weighted by molar-refractivity contribution is -0.0821. The fourth-order valence-electron chi connectivity index (χ4n) is 4.35. The van der Waals surface area contributed by atoms with Gasteiger partial charge in [0.15, 0.2) is 0 Å². The summed E-state index contributed by atoms with van der Waals surface area (Å²) in [5.41, 5.74) is 4.84. The van der Waals surface area contributed by atoms with Gasteiger partial charge in [-0.1, -0.05) is 29.8 Å². The van der Waals surface area contributed by atoms with Crippen LogP contribution in [0.2, 0.25) is 0 Å². The topological polar surface area (TPSA) is 43.2 Å². The number of ether oxygens (including phenoxy) is 1. The van der Waals surface area contributed by atoms with E-state index in [0.29, 0.717) is 6.61 Å². The smallest absolute Gasteiger partial charge is 0.135 e. The maximum absolute atomic E-state index is 6.35. The van der Waals surface area contributed by atoms with Gasteiger partial charge in [-0.2, -0.15) is 0 Å². The second-order valence-corrected chi connectivity index (χ2v) is 7.81. The van der Waals surface area contributed by atoms with Crippen molar-refractivity contribution in [2.45, 2.75) is 38.6 Å². The van der Waals surface area contributed by atoms with E-state index in [2.05, 4.69) is 56.7 Å². The van der Waals surface area contributed by atoms with E-state index < -0.39 is 0 Å². The maximum Gasteiger partial charge on any atom is 0.135 e. The molecule has 0 amide bonds. The van der Waals surface area contributed by atoms with E-state index in [1.807, 2.05) is 24.7 Å². The molecule has 138 valence electrons. The number of hydrogen-bond acceptors (Lipinski definition) is 4. The first-order chi connectivity index (χ1) is 13.2. The van der Waals surface area contributed by atoms with Crippen LogP contribution < -0.4 is 0 Å². The third-order valence-corrected chi connectivity index (χ3v) is 5.73. The zero-order valence-corrected chi connectivity index (χ0v) is 15.6. The lowest BCUT2D eigenvalue weighted by Crippen LogP contribution is -2.44. The Balaban J connectivity index is 1.37. The van der Waals surface area contributed by atoms with Crippen molar-refractivity contribution in [2.24, 2.45) is 0 Å². The molecule has 0 aliphatic carbocycles. The van der Waals surface area contributed by atoms with Crippen molar-refractivity contribution in [1.29, 1.82) is 0 Å². The minimum atomic E-state index is -0.117. The molecule has 2 aliphatic heterocycles. The molecule has 2 aromatic heterocycles. The zero-order valence-electron chi connectivity index (χ0n) is 15.6. The van der Waals surface area contributed by atoms with E-state index in [-0.39, 0.29) is 5.60 Å². The summed E-state index contributed by atoms with van der Waals surface area (Å²) in [6.45, 7) is 6.53. The first-order valence-corrected chi connectivity index (χ1v) is 9.57. The summed E-state index contributed by atoms with van der Waals surface area (Å²) >= 11 is 0. The molecule has 0 bridgehead atoms. The molecule has 0 N–H and O–H groups in total. The Bertz CT molecular complexity index is 952. The molecule has 5 nitrogen and oxygen atoms in total. The quantitative estimate of drug-likeness (QED) is 0.718. The molecule has 3 aromatic rings. The molecule has 0 radical (unpaired) electrons. The van der Waals surface area contributed by atoms with Gasteiger partial charge in [0.2, 0.25) is 0 Å². The van der Waals surface area contributed by atoms with Gasteiger partial charge in [0.25, 0.3) is 0 Å². The Morgan fingerprint density at radius 2 is 2.11 bits per heavy atom. The number of fused-ring (bicyclic) bond motifs is 1. The molecule has 1 atom stereocenters. The highest BCUT2D eigenvalue weighted by atomic mass is 16.5. The second kappa shape index (κ2) is 6.59. The second-order valence-electron chi connectivity index (χ2n) is 7.81. The van der Waals surface area contributed by atoms with Gasteiger partial charge < -0.3 is 9.30 Å². The Morgan fingerprint density at radius 3 is 2.96 bits per heavy atom. The van der Waals surface area contributed by atoms with Crippen molar-refractivity contribution >= 4 is 0 Å². The molecule has 1 spiro atoms. The van der Waals surface area contributed by atoms with Crippen LogP contribution in [0.15, 0.2) is 55.0 Å². The molecule has 2 aliphatic rings. The van der Waals surface area contributed by atoms with Crippen LogP contribution in [0.4, 0.5) is 0 Å². The van der Waals surface area contributed by atoms with E-state index >= 15 is 0 Å². The van der Waals surface area contributed by atoms with Crippen molar-refractivity contribution in [1.82, 2.24) is 19.4 Å². The summed E-state index contributed by atoms with van der Waals surface area (Å²) in [6.07, 6.45) is 6.83. The molecule has 5 heteroatoms. The van der Waals surface area contributed by atoms with Crippen LogP contribution in [0.25, 0.3) is 11.3 Å². The Labute approximate surface area is 159 Å². The highest BCUT2D eigenvalue weighted by molar-refractivity contribution is 5.60. The van der Waals surface area contributed by atoms with Crippen molar-refractivity contribution < 1.29 is 4.74 Å². The summed E-state index contributed by atoms with van der Waals surface area (Å²) in [4.78, 5) is 11.3. The van der Waals surface area contributed by atoms with Crippen LogP contribution in [0.5, 0.6) is 0 Å². The van der Waals surface area contributed by atoms with Crippen LogP contribution in [0, 0.1) is 6.92 Å². The van der Waals surface area contributed by atoms with E-state index in [1.165, 1.54) is 22.4 Å². The third-order valence-electron chi connectivity index (χ3n) is 5.73. The number of likely N-dealkylation sites (tertiary alicyclic amines) is 1. The monoisotopic (exact) mass is 360 g/mol. The summed E-state index contributed by atoms with van der Waals surface area (Å²) in [5, 5.41) is 0. The van der Waals surface area contributed by atoms with Crippen LogP contribution in [-0.4, -0.2) is 38.1 Å². The van der Waals surface area contributed by atoms with Gasteiger partial charge in [-0.05, 0) is 31.0 Å². The standard InChI is InChI=1S/C22H24N4O/c1-17-4-2-6-19(10-17)20-12-24-21-14-27-22(16-26(20)21)7-9-25(15-22)13-18-5-3-8-23-11-18/h2-6,8,10-12H,7,9,13-16H2,1H3/t22-/m0/s1. The van der Waals surface area contributed by atoms with Crippen molar-refractivity contribution in [3.63, 3.8) is 0 Å². The van der Waals surface area contributed by atoms with Gasteiger partial charge >= 0.3 is 0 Å². The number of aromatic nitrogens is 3. The normalized spacial score (nSPS) is 22.3. The Morgan fingerprint density at radius 1 is 1.15 bits per heavy atom. The molecule has 0 saturated carbocycles. The summed E-state index contributed by atoms with van der Waals surface area (Å²) in [7, 11) is 0. The number of nitrogens with zero attached hydrogens (tertiary/aromatic N) is 4. The molecular weight excluding hydrogens is 336 g/mol. The molecule has 1 saturated heterocycles. The molecule has 0 unspecified atom stereocenters. The molecule has 4 heterocycles. The van der Waals surface area contributed by atoms with Gasteiger partial charge in [-0.15, -0.1) is 0 Å². The molecule has 27 heavy (non-hydrogen) atoms. The van der Waals surface area contributed by atoms with Crippen molar-refractivity contribution in [3.05, 3.63) is 71.9 Å². The summed E-state index contributed by atoms with van der Waals surface area (Å²) in [5.74, 6) is 1.03. The lowest BCUT2D eigenvalue weighted by Gasteiger charge is -2.35. The number of benzene rings is 1. The van der Waals surface area contributed by atoms with Crippen LogP contribution in [-0.2, 0) is 24.4 Å². The minimum Gasteiger partial charge on any atom is -0.364 e. The number of pyridine rings is 1. The molecule has 5 rings (SSSR count). The largest absolute Gasteiger partial charge is 0.364 e. The fourth-order valence-corrected chi connectivity index (χ4v) is 4.35. The average molecular weight is 360 g/mol. The molecular formula is C22H24N4O. The predicted octanol–water partition coefficient (Wildman–Crippen LogP) is 3.43. The number of imidazole rings is 1. The summed E-state index contributed by atoms with van der Waals surface area (Å²) < 4.78 is 8.72. The first-order valence-electron chi connectivity index (χ1n) is 9.57. The first kappa shape index (κ1) is 16.7. The average Bonchev–Trinajstić information content (AvgIpc) is 3.27. The van der Waals surface area contributed by atoms with Crippen LogP contribution in [0.3, 0.4) is 0 Å². The van der Waals surface area contributed by atoms with E-state index in [9.17, 15) is 0 Å². The zero-order chi connectivity index (χ0) is 18.3. The van der Waals surface area contributed by atoms with Crippen molar-refractivity contribution in [2.75, 3.05) is 13.1 Å². The van der Waals surface area contributed by atoms with Crippen molar-refractivity contribution in [3.8, 4) is 11.3 Å². The van der Waals surface area contributed by atoms with Crippen LogP contribution >= 0.6 is 0 Å². The highest BCUT2D eigenvalue weighted by Crippen LogP contribution is 2.35. The Hall–Kier alpha value is -2.50. The van der Waals surface area contributed by atoms with E-state index in [0.717, 1.165) is 38.4 Å². The Kier molecular flexibility index (Phi) is 4.06. The van der Waals surface area contributed by atoms with E-state index in [1.54, 1.807) is 0 Å². The number of aryl methyl sites for hydroxylation is 1. The highest BCUT2D eigenvalue weighted by Gasteiger charge is 2.43. The molecule has 1 aromatic carbocycles. The third kappa shape index (κ3) is 3.17. The van der Waals surface area contributed by atoms with E-state index in [4.69, 9.17) is 4.74 Å². The summed E-state index contributed by atoms with van der Waals surface area (Å²) in [6, 6.07) is 12.8. The minimum absolute atomic E-state index is 0.117. The number of rotatable bonds is 3. The SMILES string of the molecule is Cc1cccc(-c2cnc3n2C[C@@]2(CCN(Cc4cccnc4)C2)OC3)c1. The lowest BCUT2D eigenvalue weighted by atomic mass is 10.0. The number of hydrogen-bond donors (Lipinski definition) is 0. The van der Waals surface area contributed by atoms with Crippen LogP contribution in [0.1, 0.15) is 23.4 Å². The van der Waals surface area contributed by atoms with Gasteiger partial charge in [0, 0.05) is 37.6 Å². The van der Waals surface area contributed by atoms with Gasteiger partial charge in [0.05, 0.1) is 18.4 Å². The van der Waals surface area contributed by atoms with Gasteiger partial charge in [-0.3, -0.25) is 9.88 Å². The predicted molar refractivity (Wildman–Crippen MR) is 104 cm³/mol. The fraction of sp³-hybridized carbons (Fsp3) is 0.364.